The molecule has 1 aromatic carbocycles. The number of esters is 1. The lowest BCUT2D eigenvalue weighted by atomic mass is 9.97. The first-order valence-electron chi connectivity index (χ1n) is 11.1. The quantitative estimate of drug-likeness (QED) is 0.483. The number of ether oxygens (including phenoxy) is 2. The molecule has 4 heterocycles. The Morgan fingerprint density at radius 2 is 1.97 bits per heavy atom. The zero-order chi connectivity index (χ0) is 23.2. The molecule has 0 fully saturated rings. The van der Waals surface area contributed by atoms with Crippen LogP contribution in [0.25, 0.3) is 22.3 Å². The summed E-state index contributed by atoms with van der Waals surface area (Å²) in [7, 11) is 0. The van der Waals surface area contributed by atoms with Crippen LogP contribution >= 0.6 is 0 Å². The van der Waals surface area contributed by atoms with Crippen molar-refractivity contribution in [2.24, 2.45) is 0 Å². The van der Waals surface area contributed by atoms with Gasteiger partial charge in [-0.3, -0.25) is 4.79 Å². The molecule has 1 unspecified atom stereocenters. The number of nitrogens with zero attached hydrogens (tertiary/aromatic N) is 2. The number of aryl methyl sites for hydroxylation is 1. The van der Waals surface area contributed by atoms with Gasteiger partial charge in [-0.05, 0) is 50.1 Å². The fourth-order valence-electron chi connectivity index (χ4n) is 4.49. The second-order valence-corrected chi connectivity index (χ2v) is 8.00. The fraction of sp³-hybridized carbons (Fsp3) is 0.400. The first-order valence-corrected chi connectivity index (χ1v) is 11.1. The molecule has 2 aromatic heterocycles. The summed E-state index contributed by atoms with van der Waals surface area (Å²) in [6, 6.07) is 6.97. The number of carbonyl (C=O) groups is 1. The van der Waals surface area contributed by atoms with Crippen molar-refractivity contribution < 1.29 is 19.4 Å². The highest BCUT2D eigenvalue weighted by Crippen LogP contribution is 2.39. The van der Waals surface area contributed by atoms with Gasteiger partial charge < -0.3 is 19.1 Å². The minimum absolute atomic E-state index is 0.0501. The van der Waals surface area contributed by atoms with Crippen LogP contribution in [-0.2, 0) is 33.8 Å². The second kappa shape index (κ2) is 8.39. The molecule has 0 spiro atoms. The summed E-state index contributed by atoms with van der Waals surface area (Å²) in [5.41, 5.74) is 5.07. The van der Waals surface area contributed by atoms with E-state index in [4.69, 9.17) is 14.5 Å². The number of aromatic hydroxyl groups is 1. The third-order valence-electron chi connectivity index (χ3n) is 5.80. The number of fused-ring (bicyclic) bond motifs is 5. The third-order valence-corrected chi connectivity index (χ3v) is 5.80. The molecule has 0 bridgehead atoms. The summed E-state index contributed by atoms with van der Waals surface area (Å²) in [6.07, 6.45) is -0.369. The highest BCUT2D eigenvalue weighted by Gasteiger charge is 2.36. The molecule has 2 aliphatic heterocycles. The normalized spacial score (nSPS) is 16.2. The smallest absolute Gasteiger partial charge is 0.340 e. The van der Waals surface area contributed by atoms with Crippen LogP contribution in [0, 0.1) is 0 Å². The number of pyridine rings is 2. The molecular formula is C25H28N2O5. The fourth-order valence-corrected chi connectivity index (χ4v) is 4.49. The predicted octanol–water partition coefficient (Wildman–Crippen LogP) is 4.24. The van der Waals surface area contributed by atoms with Gasteiger partial charge in [-0.1, -0.05) is 20.8 Å². The van der Waals surface area contributed by atoms with Gasteiger partial charge in [0.1, 0.15) is 12.4 Å². The van der Waals surface area contributed by atoms with Gasteiger partial charge in [0.05, 0.1) is 35.1 Å². The van der Waals surface area contributed by atoms with E-state index in [1.807, 2.05) is 33.8 Å². The molecule has 32 heavy (non-hydrogen) atoms. The number of benzene rings is 1. The molecule has 0 saturated heterocycles. The lowest BCUT2D eigenvalue weighted by Gasteiger charge is -2.26. The third kappa shape index (κ3) is 3.37. The largest absolute Gasteiger partial charge is 0.508 e. The van der Waals surface area contributed by atoms with E-state index >= 15 is 0 Å². The summed E-state index contributed by atoms with van der Waals surface area (Å²) in [4.78, 5) is 30.5. The maximum atomic E-state index is 13.3. The van der Waals surface area contributed by atoms with Crippen LogP contribution in [0.1, 0.15) is 63.0 Å². The molecular weight excluding hydrogens is 408 g/mol. The zero-order valence-corrected chi connectivity index (χ0v) is 19.1. The van der Waals surface area contributed by atoms with Gasteiger partial charge in [0, 0.05) is 16.5 Å². The van der Waals surface area contributed by atoms with E-state index in [9.17, 15) is 14.7 Å². The average molecular weight is 437 g/mol. The van der Waals surface area contributed by atoms with Crippen molar-refractivity contribution in [2.45, 2.75) is 66.4 Å². The van der Waals surface area contributed by atoms with Gasteiger partial charge in [0.15, 0.2) is 6.10 Å². The highest BCUT2D eigenvalue weighted by atomic mass is 16.6. The van der Waals surface area contributed by atoms with Crippen LogP contribution in [0.5, 0.6) is 5.75 Å². The van der Waals surface area contributed by atoms with E-state index in [1.54, 1.807) is 22.8 Å². The molecule has 3 aromatic rings. The average Bonchev–Trinajstić information content (AvgIpc) is 3.14. The van der Waals surface area contributed by atoms with Gasteiger partial charge in [-0.2, -0.15) is 0 Å². The zero-order valence-electron chi connectivity index (χ0n) is 19.1. The molecule has 1 N–H and O–H groups in total. The van der Waals surface area contributed by atoms with Crippen molar-refractivity contribution in [3.63, 3.8) is 0 Å². The summed E-state index contributed by atoms with van der Waals surface area (Å²) < 4.78 is 12.7. The number of rotatable bonds is 3. The van der Waals surface area contributed by atoms with E-state index in [-0.39, 0.29) is 24.0 Å². The van der Waals surface area contributed by atoms with Crippen LogP contribution < -0.4 is 5.56 Å². The molecule has 168 valence electrons. The molecule has 0 aliphatic carbocycles. The van der Waals surface area contributed by atoms with E-state index in [2.05, 4.69) is 6.92 Å². The van der Waals surface area contributed by atoms with Crippen LogP contribution in [-0.4, -0.2) is 26.7 Å². The molecule has 7 nitrogen and oxygen atoms in total. The minimum atomic E-state index is -0.917. The SMILES string of the molecule is CC.CCc1c2c(nc3ccc(O)cc13)-c1cc3c(c(=O)n1C2)COC(=O)C3OC(C)C. The maximum absolute atomic E-state index is 13.3. The van der Waals surface area contributed by atoms with Crippen molar-refractivity contribution in [2.75, 3.05) is 0 Å². The van der Waals surface area contributed by atoms with Crippen molar-refractivity contribution in [1.82, 2.24) is 9.55 Å². The standard InChI is InChI=1S/C23H22N2O5.C2H6/c1-4-13-14-7-12(26)5-6-18(14)24-20-16(13)9-25-19(20)8-15-17(22(25)27)10-29-23(28)21(15)30-11(2)3;1-2/h5-8,11,21,26H,4,9-10H2,1-3H3;1-2H3. The van der Waals surface area contributed by atoms with Gasteiger partial charge in [0.2, 0.25) is 0 Å². The lowest BCUT2D eigenvalue weighted by molar-refractivity contribution is -0.165. The monoisotopic (exact) mass is 436 g/mol. The minimum Gasteiger partial charge on any atom is -0.508 e. The van der Waals surface area contributed by atoms with Crippen molar-refractivity contribution in [1.29, 1.82) is 0 Å². The Labute approximate surface area is 186 Å². The summed E-state index contributed by atoms with van der Waals surface area (Å²) in [5, 5.41) is 10.8. The first kappa shape index (κ1) is 22.0. The molecule has 0 saturated carbocycles. The Hall–Kier alpha value is -3.19. The number of carbonyl (C=O) groups excluding carboxylic acids is 1. The molecule has 2 aliphatic rings. The topological polar surface area (TPSA) is 90.7 Å². The number of hydrogen-bond acceptors (Lipinski definition) is 6. The van der Waals surface area contributed by atoms with Crippen molar-refractivity contribution in [3.05, 3.63) is 56.9 Å². The molecule has 0 amide bonds. The summed E-state index contributed by atoms with van der Waals surface area (Å²) >= 11 is 0. The Morgan fingerprint density at radius 1 is 1.22 bits per heavy atom. The number of phenols is 1. The lowest BCUT2D eigenvalue weighted by Crippen LogP contribution is -2.34. The Balaban J connectivity index is 0.00000119. The summed E-state index contributed by atoms with van der Waals surface area (Å²) in [6.45, 7) is 10.1. The van der Waals surface area contributed by atoms with Crippen molar-refractivity contribution in [3.8, 4) is 17.1 Å². The Morgan fingerprint density at radius 3 is 2.66 bits per heavy atom. The summed E-state index contributed by atoms with van der Waals surface area (Å²) in [5.74, 6) is -0.290. The van der Waals surface area contributed by atoms with Crippen LogP contribution in [0.3, 0.4) is 0 Å². The predicted molar refractivity (Wildman–Crippen MR) is 122 cm³/mol. The van der Waals surface area contributed by atoms with Crippen LogP contribution in [0.4, 0.5) is 0 Å². The Kier molecular flexibility index (Phi) is 5.77. The number of aromatic nitrogens is 2. The Bertz CT molecular complexity index is 1280. The van der Waals surface area contributed by atoms with Crippen LogP contribution in [0.15, 0.2) is 29.1 Å². The van der Waals surface area contributed by atoms with Gasteiger partial charge >= 0.3 is 5.97 Å². The highest BCUT2D eigenvalue weighted by molar-refractivity contribution is 5.89. The second-order valence-electron chi connectivity index (χ2n) is 8.00. The van der Waals surface area contributed by atoms with E-state index in [0.717, 1.165) is 34.1 Å². The van der Waals surface area contributed by atoms with Crippen molar-refractivity contribution >= 4 is 16.9 Å². The molecule has 7 heteroatoms. The molecule has 5 rings (SSSR count). The molecule has 0 radical (unpaired) electrons. The number of phenolic OH excluding ortho intramolecular Hbond substituents is 1. The van der Waals surface area contributed by atoms with Gasteiger partial charge in [-0.25, -0.2) is 9.78 Å². The van der Waals surface area contributed by atoms with E-state index in [1.165, 1.54) is 0 Å². The van der Waals surface area contributed by atoms with E-state index in [0.29, 0.717) is 23.4 Å². The van der Waals surface area contributed by atoms with Crippen LogP contribution in [0.2, 0.25) is 0 Å². The molecule has 1 atom stereocenters. The van der Waals surface area contributed by atoms with Gasteiger partial charge in [0.25, 0.3) is 5.56 Å². The first-order chi connectivity index (χ1) is 15.4. The van der Waals surface area contributed by atoms with E-state index < -0.39 is 12.1 Å². The maximum Gasteiger partial charge on any atom is 0.340 e. The number of cyclic esters (lactones) is 1. The van der Waals surface area contributed by atoms with Gasteiger partial charge in [-0.15, -0.1) is 0 Å². The number of hydrogen-bond donors (Lipinski definition) is 1.